The highest BCUT2D eigenvalue weighted by Crippen LogP contribution is 2.66. The Morgan fingerprint density at radius 3 is 0.846 bits per heavy atom. The van der Waals surface area contributed by atoms with E-state index < -0.39 is 88.6 Å². The molecule has 0 fully saturated rings. The maximum atomic E-state index is 13.6. The van der Waals surface area contributed by atoms with Gasteiger partial charge in [0.1, 0.15) is 0 Å². The monoisotopic (exact) mass is 654 g/mol. The minimum absolute atomic E-state index is 0.831. The minimum atomic E-state index is -8.08. The van der Waals surface area contributed by atoms with Crippen LogP contribution in [-0.2, 0) is 0 Å². The lowest BCUT2D eigenvalue weighted by Crippen LogP contribution is -2.73. The molecule has 0 aliphatic heterocycles. The van der Waals surface area contributed by atoms with Gasteiger partial charge in [0.2, 0.25) is 0 Å². The van der Waals surface area contributed by atoms with E-state index in [1.165, 1.54) is 0 Å². The van der Waals surface area contributed by atoms with Crippen molar-refractivity contribution in [2.75, 3.05) is 0 Å². The molecule has 0 aromatic carbocycles. The molecule has 0 nitrogen and oxygen atoms in total. The van der Waals surface area contributed by atoms with E-state index in [1.54, 1.807) is 0 Å². The summed E-state index contributed by atoms with van der Waals surface area (Å²) < 4.78 is 191. The van der Waals surface area contributed by atoms with Crippen LogP contribution in [0, 0.1) is 0 Å². The van der Waals surface area contributed by atoms with Crippen LogP contribution in [0.1, 0.15) is 0 Å². The molecule has 0 bridgehead atoms. The van der Waals surface area contributed by atoms with Crippen molar-refractivity contribution in [3.8, 4) is 0 Å². The smallest absolute Gasteiger partial charge is 0.218 e. The van der Waals surface area contributed by atoms with Crippen LogP contribution in [0.15, 0.2) is 0 Å². The van der Waals surface area contributed by atoms with Gasteiger partial charge in [-0.2, -0.15) is 65.9 Å². The van der Waals surface area contributed by atoms with E-state index in [-0.39, 0.29) is 0 Å². The summed E-state index contributed by atoms with van der Waals surface area (Å²) in [7, 11) is 0. The third-order valence-electron chi connectivity index (χ3n) is 2.68. The molecule has 0 heterocycles. The molecule has 0 aromatic heterocycles. The van der Waals surface area contributed by atoms with E-state index in [9.17, 15) is 70.2 Å². The average Bonchev–Trinajstić information content (AvgIpc) is 2.34. The first kappa shape index (κ1) is 26.3. The van der Waals surface area contributed by atoms with Gasteiger partial charge in [0.25, 0.3) is 3.68 Å². The fourth-order valence-electron chi connectivity index (χ4n) is 1.14. The molecule has 0 spiro atoms. The second-order valence-electron chi connectivity index (χ2n) is 4.44. The zero-order chi connectivity index (χ0) is 22.0. The largest absolute Gasteiger partial charge is 0.460 e. The SMILES string of the molecule is FC(F)(F)C(F)(F)C(F)(F)C(F)(F)C(F)(I)C(F)(F)C(F)(F)C(F)(F)I. The molecule has 0 amide bonds. The first-order valence-electron chi connectivity index (χ1n) is 5.15. The molecule has 0 N–H and O–H groups in total. The van der Waals surface area contributed by atoms with Crippen molar-refractivity contribution in [1.29, 1.82) is 0 Å². The minimum Gasteiger partial charge on any atom is -0.218 e. The Labute approximate surface area is 158 Å². The number of halogens is 18. The van der Waals surface area contributed by atoms with Gasteiger partial charge in [-0.25, -0.2) is 4.39 Å². The fourth-order valence-corrected chi connectivity index (χ4v) is 2.16. The van der Waals surface area contributed by atoms with Crippen molar-refractivity contribution in [3.05, 3.63) is 0 Å². The zero-order valence-corrected chi connectivity index (χ0v) is 15.1. The third-order valence-corrected chi connectivity index (χ3v) is 4.72. The van der Waals surface area contributed by atoms with Crippen molar-refractivity contribution in [1.82, 2.24) is 0 Å². The van der Waals surface area contributed by atoms with Crippen LogP contribution in [0.25, 0.3) is 0 Å². The van der Waals surface area contributed by atoms with Gasteiger partial charge in [0, 0.05) is 22.6 Å². The van der Waals surface area contributed by atoms with E-state index in [4.69, 9.17) is 0 Å². The standard InChI is InChI=1S/C8F16I2/c9-1(10,4(15,16)7(20,21)22)2(11,12)6(19,25)3(13,14)5(17,18)8(23,24)26. The Balaban J connectivity index is 6.61. The molecule has 0 radical (unpaired) electrons. The van der Waals surface area contributed by atoms with Crippen LogP contribution in [0.3, 0.4) is 0 Å². The Bertz CT molecular complexity index is 477. The summed E-state index contributed by atoms with van der Waals surface area (Å²) in [6.07, 6.45) is -7.57. The lowest BCUT2D eigenvalue weighted by molar-refractivity contribution is -0.420. The maximum absolute atomic E-state index is 13.6. The second-order valence-corrected chi connectivity index (χ2v) is 7.28. The van der Waals surface area contributed by atoms with Crippen LogP contribution < -0.4 is 0 Å². The summed E-state index contributed by atoms with van der Waals surface area (Å²) in [5.74, 6) is -38.6. The summed E-state index contributed by atoms with van der Waals surface area (Å²) in [5.41, 5.74) is 0. The molecule has 0 aliphatic rings. The molecule has 1 unspecified atom stereocenters. The van der Waals surface area contributed by atoms with Gasteiger partial charge in [-0.15, -0.1) is 0 Å². The van der Waals surface area contributed by atoms with Gasteiger partial charge in [-0.3, -0.25) is 0 Å². The van der Waals surface area contributed by atoms with Crippen LogP contribution in [-0.4, -0.2) is 43.4 Å². The first-order chi connectivity index (χ1) is 10.8. The average molecular weight is 654 g/mol. The van der Waals surface area contributed by atoms with Crippen LogP contribution >= 0.6 is 45.2 Å². The number of hydrogen-bond donors (Lipinski definition) is 0. The Morgan fingerprint density at radius 1 is 0.346 bits per heavy atom. The third kappa shape index (κ3) is 3.30. The molecule has 26 heavy (non-hydrogen) atoms. The van der Waals surface area contributed by atoms with Gasteiger partial charge in [0.05, 0.1) is 0 Å². The summed E-state index contributed by atoms with van der Waals surface area (Å²) in [6, 6.07) is 0. The van der Waals surface area contributed by atoms with Gasteiger partial charge in [0.15, 0.2) is 0 Å². The fraction of sp³-hybridized carbons (Fsp3) is 1.00. The van der Waals surface area contributed by atoms with E-state index in [2.05, 4.69) is 0 Å². The van der Waals surface area contributed by atoms with Crippen LogP contribution in [0.4, 0.5) is 70.2 Å². The predicted molar refractivity (Wildman–Crippen MR) is 67.6 cm³/mol. The van der Waals surface area contributed by atoms with Crippen LogP contribution in [0.5, 0.6) is 0 Å². The molecule has 18 heteroatoms. The lowest BCUT2D eigenvalue weighted by Gasteiger charge is -2.43. The zero-order valence-electron chi connectivity index (χ0n) is 10.8. The summed E-state index contributed by atoms with van der Waals surface area (Å²) >= 11 is -2.18. The molecule has 0 saturated carbocycles. The van der Waals surface area contributed by atoms with Crippen molar-refractivity contribution < 1.29 is 70.2 Å². The Kier molecular flexibility index (Phi) is 6.51. The summed E-state index contributed by atoms with van der Waals surface area (Å²) in [5, 5.41) is 0. The van der Waals surface area contributed by atoms with Gasteiger partial charge >= 0.3 is 39.7 Å². The highest BCUT2D eigenvalue weighted by atomic mass is 127. The molecule has 158 valence electrons. The van der Waals surface area contributed by atoms with E-state index in [1.807, 2.05) is 0 Å². The van der Waals surface area contributed by atoms with Crippen molar-refractivity contribution >= 4 is 45.2 Å². The summed E-state index contributed by atoms with van der Waals surface area (Å²) in [6.45, 7) is 0. The van der Waals surface area contributed by atoms with Crippen LogP contribution in [0.2, 0.25) is 0 Å². The maximum Gasteiger partial charge on any atom is 0.460 e. The second kappa shape index (κ2) is 6.42. The Hall–Kier alpha value is 0.340. The highest BCUT2D eigenvalue weighted by molar-refractivity contribution is 14.1. The van der Waals surface area contributed by atoms with Crippen molar-refractivity contribution in [2.45, 2.75) is 43.4 Å². The molecule has 0 saturated heterocycles. The van der Waals surface area contributed by atoms with Gasteiger partial charge < -0.3 is 0 Å². The quantitative estimate of drug-likeness (QED) is 0.167. The lowest BCUT2D eigenvalue weighted by atomic mass is 9.93. The molecular weight excluding hydrogens is 654 g/mol. The first-order valence-corrected chi connectivity index (χ1v) is 7.31. The normalized spacial score (nSPS) is 18.7. The topological polar surface area (TPSA) is 0 Å². The van der Waals surface area contributed by atoms with Crippen molar-refractivity contribution in [3.63, 3.8) is 0 Å². The molecule has 0 aromatic rings. The van der Waals surface area contributed by atoms with Gasteiger partial charge in [-0.05, 0) is 22.6 Å². The Morgan fingerprint density at radius 2 is 0.615 bits per heavy atom. The van der Waals surface area contributed by atoms with E-state index >= 15 is 0 Å². The molecule has 1 atom stereocenters. The molecule has 0 aliphatic carbocycles. The van der Waals surface area contributed by atoms with Crippen molar-refractivity contribution in [2.24, 2.45) is 0 Å². The predicted octanol–water partition coefficient (Wildman–Crippen LogP) is 6.85. The molecule has 0 rings (SSSR count). The van der Waals surface area contributed by atoms with E-state index in [0.29, 0.717) is 0 Å². The number of alkyl halides is 18. The van der Waals surface area contributed by atoms with E-state index in [0.717, 1.165) is 0 Å². The number of rotatable bonds is 6. The number of hydrogen-bond acceptors (Lipinski definition) is 0. The highest BCUT2D eigenvalue weighted by Gasteiger charge is 2.93. The molecular formula is C8F16I2. The van der Waals surface area contributed by atoms with Gasteiger partial charge in [-0.1, -0.05) is 0 Å². The summed E-state index contributed by atoms with van der Waals surface area (Å²) in [4.78, 5) is 0.